The minimum absolute atomic E-state index is 0.0539. The highest BCUT2D eigenvalue weighted by molar-refractivity contribution is 5.94. The molecule has 2 aliphatic rings. The number of carbonyl (C=O) groups is 1. The Bertz CT molecular complexity index is 818. The number of amides is 1. The summed E-state index contributed by atoms with van der Waals surface area (Å²) in [7, 11) is 0. The lowest BCUT2D eigenvalue weighted by atomic mass is 10.0. The van der Waals surface area contributed by atoms with E-state index in [4.69, 9.17) is 0 Å². The van der Waals surface area contributed by atoms with Gasteiger partial charge in [-0.3, -0.25) is 4.79 Å². The van der Waals surface area contributed by atoms with Crippen molar-refractivity contribution in [2.45, 2.75) is 38.6 Å². The summed E-state index contributed by atoms with van der Waals surface area (Å²) in [5, 5.41) is 8.98. The summed E-state index contributed by atoms with van der Waals surface area (Å²) < 4.78 is 13.1. The summed E-state index contributed by atoms with van der Waals surface area (Å²) in [6.07, 6.45) is 4.86. The lowest BCUT2D eigenvalue weighted by Crippen LogP contribution is -2.49. The third-order valence-electron chi connectivity index (χ3n) is 6.01. The van der Waals surface area contributed by atoms with Crippen LogP contribution < -0.4 is 9.80 Å². The smallest absolute Gasteiger partial charge is 0.253 e. The van der Waals surface area contributed by atoms with Crippen LogP contribution in [0.15, 0.2) is 36.4 Å². The molecule has 0 aliphatic carbocycles. The van der Waals surface area contributed by atoms with Crippen molar-refractivity contribution in [2.24, 2.45) is 0 Å². The molecule has 1 unspecified atom stereocenters. The highest BCUT2D eigenvalue weighted by atomic mass is 19.1. The molecule has 1 atom stereocenters. The highest BCUT2D eigenvalue weighted by Gasteiger charge is 2.25. The minimum Gasteiger partial charge on any atom is -0.352 e. The SMILES string of the molecule is CCC1CCCCN1c1ccc(N2CCN(C(=O)c3ccc(F)cc3)CC2)nn1. The molecule has 4 rings (SSSR count). The maximum Gasteiger partial charge on any atom is 0.253 e. The van der Waals surface area contributed by atoms with Crippen molar-refractivity contribution >= 4 is 17.5 Å². The van der Waals surface area contributed by atoms with Gasteiger partial charge in [0.15, 0.2) is 11.6 Å². The predicted molar refractivity (Wildman–Crippen MR) is 112 cm³/mol. The molecule has 0 saturated carbocycles. The molecule has 3 heterocycles. The zero-order valence-corrected chi connectivity index (χ0v) is 16.9. The average molecular weight is 397 g/mol. The van der Waals surface area contributed by atoms with Gasteiger partial charge in [-0.2, -0.15) is 0 Å². The van der Waals surface area contributed by atoms with E-state index in [1.165, 1.54) is 31.4 Å². The van der Waals surface area contributed by atoms with Crippen LogP contribution in [0, 0.1) is 5.82 Å². The van der Waals surface area contributed by atoms with Crippen molar-refractivity contribution < 1.29 is 9.18 Å². The fourth-order valence-corrected chi connectivity index (χ4v) is 4.28. The largest absolute Gasteiger partial charge is 0.352 e. The summed E-state index contributed by atoms with van der Waals surface area (Å²) in [6, 6.07) is 10.4. The van der Waals surface area contributed by atoms with Gasteiger partial charge in [-0.15, -0.1) is 10.2 Å². The van der Waals surface area contributed by atoms with Gasteiger partial charge in [-0.1, -0.05) is 6.92 Å². The van der Waals surface area contributed by atoms with Crippen LogP contribution >= 0.6 is 0 Å². The van der Waals surface area contributed by atoms with Gasteiger partial charge in [-0.25, -0.2) is 4.39 Å². The van der Waals surface area contributed by atoms with Crippen molar-refractivity contribution in [1.29, 1.82) is 0 Å². The van der Waals surface area contributed by atoms with Gasteiger partial charge in [0, 0.05) is 44.3 Å². The molecule has 0 bridgehead atoms. The van der Waals surface area contributed by atoms with Gasteiger partial charge in [0.2, 0.25) is 0 Å². The number of rotatable bonds is 4. The Balaban J connectivity index is 1.36. The van der Waals surface area contributed by atoms with E-state index in [0.717, 1.165) is 24.6 Å². The summed E-state index contributed by atoms with van der Waals surface area (Å²) in [5.74, 6) is 1.43. The van der Waals surface area contributed by atoms with Crippen LogP contribution in [0.2, 0.25) is 0 Å². The van der Waals surface area contributed by atoms with E-state index in [9.17, 15) is 9.18 Å². The maximum atomic E-state index is 13.1. The number of hydrogen-bond donors (Lipinski definition) is 0. The Morgan fingerprint density at radius 3 is 2.31 bits per heavy atom. The molecule has 0 radical (unpaired) electrons. The van der Waals surface area contributed by atoms with E-state index in [0.29, 0.717) is 37.8 Å². The normalized spacial score (nSPS) is 20.1. The fourth-order valence-electron chi connectivity index (χ4n) is 4.28. The van der Waals surface area contributed by atoms with Crippen molar-refractivity contribution in [3.8, 4) is 0 Å². The molecule has 2 saturated heterocycles. The summed E-state index contributed by atoms with van der Waals surface area (Å²) in [4.78, 5) is 18.9. The van der Waals surface area contributed by atoms with Crippen LogP contribution in [0.1, 0.15) is 43.0 Å². The van der Waals surface area contributed by atoms with Crippen molar-refractivity contribution in [2.75, 3.05) is 42.5 Å². The molecule has 2 aromatic rings. The number of anilines is 2. The third-order valence-corrected chi connectivity index (χ3v) is 6.01. The monoisotopic (exact) mass is 397 g/mol. The number of hydrogen-bond acceptors (Lipinski definition) is 5. The van der Waals surface area contributed by atoms with Gasteiger partial charge in [-0.05, 0) is 62.1 Å². The first kappa shape index (κ1) is 19.6. The lowest BCUT2D eigenvalue weighted by Gasteiger charge is -2.37. The van der Waals surface area contributed by atoms with Gasteiger partial charge < -0.3 is 14.7 Å². The number of piperidine rings is 1. The van der Waals surface area contributed by atoms with E-state index in [-0.39, 0.29) is 11.7 Å². The van der Waals surface area contributed by atoms with Crippen LogP contribution in [-0.2, 0) is 0 Å². The molecule has 1 amide bonds. The standard InChI is InChI=1S/C22H28FN5O/c1-2-19-5-3-4-12-28(19)21-11-10-20(24-25-21)26-13-15-27(16-14-26)22(29)17-6-8-18(23)9-7-17/h6-11,19H,2-5,12-16H2,1H3. The average Bonchev–Trinajstić information content (AvgIpc) is 2.79. The molecular weight excluding hydrogens is 369 g/mol. The number of aromatic nitrogens is 2. The van der Waals surface area contributed by atoms with E-state index >= 15 is 0 Å². The Hall–Kier alpha value is -2.70. The number of benzene rings is 1. The quantitative estimate of drug-likeness (QED) is 0.792. The summed E-state index contributed by atoms with van der Waals surface area (Å²) in [5.41, 5.74) is 0.524. The zero-order valence-electron chi connectivity index (χ0n) is 16.9. The molecule has 29 heavy (non-hydrogen) atoms. The van der Waals surface area contributed by atoms with E-state index in [1.807, 2.05) is 11.0 Å². The van der Waals surface area contributed by atoms with Crippen LogP contribution in [0.4, 0.5) is 16.0 Å². The minimum atomic E-state index is -0.330. The molecule has 1 aromatic heterocycles. The molecule has 1 aromatic carbocycles. The van der Waals surface area contributed by atoms with Gasteiger partial charge >= 0.3 is 0 Å². The Morgan fingerprint density at radius 1 is 0.966 bits per heavy atom. The first-order valence-electron chi connectivity index (χ1n) is 10.6. The molecule has 6 nitrogen and oxygen atoms in total. The van der Waals surface area contributed by atoms with E-state index < -0.39 is 0 Å². The third kappa shape index (κ3) is 4.33. The maximum absolute atomic E-state index is 13.1. The fraction of sp³-hybridized carbons (Fsp3) is 0.500. The Labute approximate surface area is 171 Å². The second-order valence-electron chi connectivity index (χ2n) is 7.79. The van der Waals surface area contributed by atoms with E-state index in [1.54, 1.807) is 12.1 Å². The molecular formula is C22H28FN5O. The predicted octanol–water partition coefficient (Wildman–Crippen LogP) is 3.35. The molecule has 0 spiro atoms. The highest BCUT2D eigenvalue weighted by Crippen LogP contribution is 2.25. The topological polar surface area (TPSA) is 52.6 Å². The molecule has 7 heteroatoms. The zero-order chi connectivity index (χ0) is 20.2. The van der Waals surface area contributed by atoms with Crippen molar-refractivity contribution in [1.82, 2.24) is 15.1 Å². The molecule has 154 valence electrons. The first-order chi connectivity index (χ1) is 14.2. The first-order valence-corrected chi connectivity index (χ1v) is 10.6. The number of piperazine rings is 1. The van der Waals surface area contributed by atoms with Crippen LogP contribution in [-0.4, -0.2) is 59.8 Å². The molecule has 0 N–H and O–H groups in total. The van der Waals surface area contributed by atoms with Crippen LogP contribution in [0.5, 0.6) is 0 Å². The molecule has 2 fully saturated rings. The van der Waals surface area contributed by atoms with Gasteiger partial charge in [0.1, 0.15) is 5.82 Å². The summed E-state index contributed by atoms with van der Waals surface area (Å²) >= 11 is 0. The van der Waals surface area contributed by atoms with Crippen molar-refractivity contribution in [3.63, 3.8) is 0 Å². The Morgan fingerprint density at radius 2 is 1.66 bits per heavy atom. The second-order valence-corrected chi connectivity index (χ2v) is 7.79. The molecule has 2 aliphatic heterocycles. The second kappa shape index (κ2) is 8.76. The number of carbonyl (C=O) groups excluding carboxylic acids is 1. The summed E-state index contributed by atoms with van der Waals surface area (Å²) in [6.45, 7) is 5.94. The number of halogens is 1. The van der Waals surface area contributed by atoms with Gasteiger partial charge in [0.25, 0.3) is 5.91 Å². The van der Waals surface area contributed by atoms with Crippen LogP contribution in [0.3, 0.4) is 0 Å². The Kier molecular flexibility index (Phi) is 5.92. The van der Waals surface area contributed by atoms with Gasteiger partial charge in [0.05, 0.1) is 0 Å². The van der Waals surface area contributed by atoms with Crippen molar-refractivity contribution in [3.05, 3.63) is 47.8 Å². The number of nitrogens with zero attached hydrogens (tertiary/aromatic N) is 5. The van der Waals surface area contributed by atoms with E-state index in [2.05, 4.69) is 33.0 Å². The lowest BCUT2D eigenvalue weighted by molar-refractivity contribution is 0.0746. The van der Waals surface area contributed by atoms with Crippen LogP contribution in [0.25, 0.3) is 0 Å².